The number of aryl methyl sites for hydroxylation is 1. The molecule has 150 valence electrons. The van der Waals surface area contributed by atoms with Crippen molar-refractivity contribution in [3.8, 4) is 11.3 Å². The highest BCUT2D eigenvalue weighted by Gasteiger charge is 2.51. The molecule has 0 saturated heterocycles. The minimum Gasteiger partial charge on any atom is -0.206 e. The van der Waals surface area contributed by atoms with Gasteiger partial charge in [-0.15, -0.1) is 0 Å². The summed E-state index contributed by atoms with van der Waals surface area (Å²) in [5, 5.41) is 0. The Kier molecular flexibility index (Phi) is 5.75. The highest BCUT2D eigenvalue weighted by atomic mass is 15.1. The van der Waals surface area contributed by atoms with E-state index >= 15 is 0 Å². The van der Waals surface area contributed by atoms with Crippen LogP contribution in [0.5, 0.6) is 0 Å². The smallest absolute Gasteiger partial charge is 0.206 e. The van der Waals surface area contributed by atoms with Gasteiger partial charge in [-0.3, -0.25) is 0 Å². The summed E-state index contributed by atoms with van der Waals surface area (Å²) in [4.78, 5) is 0. The predicted molar refractivity (Wildman–Crippen MR) is 124 cm³/mol. The average Bonchev–Trinajstić information content (AvgIpc) is 2.69. The third-order valence-corrected chi connectivity index (χ3v) is 6.69. The highest BCUT2D eigenvalue weighted by Crippen LogP contribution is 2.43. The van der Waals surface area contributed by atoms with E-state index in [4.69, 9.17) is 0 Å². The van der Waals surface area contributed by atoms with Gasteiger partial charge in [-0.2, -0.15) is 4.57 Å². The van der Waals surface area contributed by atoms with E-state index in [0.717, 1.165) is 30.5 Å². The predicted octanol–water partition coefficient (Wildman–Crippen LogP) is 6.04. The Morgan fingerprint density at radius 3 is 2.52 bits per heavy atom. The van der Waals surface area contributed by atoms with Gasteiger partial charge in [-0.1, -0.05) is 44.2 Å². The van der Waals surface area contributed by atoms with Crippen molar-refractivity contribution >= 4 is 12.4 Å². The van der Waals surface area contributed by atoms with Crippen molar-refractivity contribution in [2.45, 2.75) is 52.5 Å². The number of pyridine rings is 1. The number of rotatable bonds is 3. The lowest BCUT2D eigenvalue weighted by Gasteiger charge is -2.40. The largest absolute Gasteiger partial charge is 0.218 e. The average molecular weight is 387 g/mol. The molecular formula is C27H34N2+2. The molecule has 3 rings (SSSR count). The van der Waals surface area contributed by atoms with Crippen LogP contribution in [0.4, 0.5) is 0 Å². The molecule has 0 saturated carbocycles. The lowest BCUT2D eigenvalue weighted by molar-refractivity contribution is -0.591. The van der Waals surface area contributed by atoms with Crippen molar-refractivity contribution in [1.29, 1.82) is 0 Å². The van der Waals surface area contributed by atoms with Crippen LogP contribution in [0.1, 0.15) is 46.1 Å². The van der Waals surface area contributed by atoms with Gasteiger partial charge in [0.15, 0.2) is 23.6 Å². The maximum absolute atomic E-state index is 4.51. The molecule has 0 amide bonds. The quantitative estimate of drug-likeness (QED) is 0.345. The number of fused-ring (bicyclic) bond motifs is 3. The van der Waals surface area contributed by atoms with Crippen LogP contribution in [0, 0.1) is 5.41 Å². The second kappa shape index (κ2) is 7.94. The number of nitrogens with zero attached hydrogens (tertiary/aromatic N) is 2. The lowest BCUT2D eigenvalue weighted by atomic mass is 9.67. The normalized spacial score (nSPS) is 21.3. The summed E-state index contributed by atoms with van der Waals surface area (Å²) in [6, 6.07) is 15.1. The monoisotopic (exact) mass is 386 g/mol. The molecule has 2 heteroatoms. The zero-order valence-electron chi connectivity index (χ0n) is 18.4. The maximum atomic E-state index is 4.51. The minimum atomic E-state index is -0.206. The zero-order chi connectivity index (χ0) is 21.2. The molecule has 1 unspecified atom stereocenters. The molecule has 0 spiro atoms. The van der Waals surface area contributed by atoms with Gasteiger partial charge in [0.2, 0.25) is 5.69 Å². The fourth-order valence-corrected chi connectivity index (χ4v) is 4.24. The number of aromatic nitrogens is 1. The van der Waals surface area contributed by atoms with Gasteiger partial charge >= 0.3 is 0 Å². The molecular weight excluding hydrogens is 352 g/mol. The second-order valence-electron chi connectivity index (χ2n) is 9.15. The number of benzene rings is 1. The molecule has 1 atom stereocenters. The van der Waals surface area contributed by atoms with Crippen LogP contribution < -0.4 is 4.57 Å². The first kappa shape index (κ1) is 21.0. The molecule has 0 bridgehead atoms. The topological polar surface area (TPSA) is 6.89 Å². The molecule has 29 heavy (non-hydrogen) atoms. The van der Waals surface area contributed by atoms with Crippen molar-refractivity contribution < 1.29 is 9.14 Å². The van der Waals surface area contributed by atoms with E-state index in [9.17, 15) is 0 Å². The van der Waals surface area contributed by atoms with E-state index in [1.807, 2.05) is 13.0 Å². The van der Waals surface area contributed by atoms with Crippen LogP contribution in [-0.4, -0.2) is 16.8 Å². The van der Waals surface area contributed by atoms with Crippen molar-refractivity contribution in [2.75, 3.05) is 0 Å². The number of hydrogen-bond acceptors (Lipinski definition) is 0. The first-order valence-electron chi connectivity index (χ1n) is 10.4. The van der Waals surface area contributed by atoms with E-state index in [1.54, 1.807) is 0 Å². The van der Waals surface area contributed by atoms with Gasteiger partial charge in [-0.25, -0.2) is 4.58 Å². The Morgan fingerprint density at radius 1 is 1.10 bits per heavy atom. The van der Waals surface area contributed by atoms with Gasteiger partial charge in [0, 0.05) is 36.1 Å². The van der Waals surface area contributed by atoms with Crippen molar-refractivity contribution in [3.05, 3.63) is 85.2 Å². The molecule has 0 N–H and O–H groups in total. The molecule has 1 aliphatic rings. The fourth-order valence-electron chi connectivity index (χ4n) is 4.24. The van der Waals surface area contributed by atoms with E-state index in [-0.39, 0.29) is 11.0 Å². The van der Waals surface area contributed by atoms with Crippen LogP contribution in [0.25, 0.3) is 17.0 Å². The van der Waals surface area contributed by atoms with E-state index < -0.39 is 0 Å². The molecule has 2 aromatic rings. The van der Waals surface area contributed by atoms with Crippen molar-refractivity contribution in [2.24, 2.45) is 5.41 Å². The fraction of sp³-hybridized carbons (Fsp3) is 0.333. The molecule has 1 aliphatic heterocycles. The van der Waals surface area contributed by atoms with Crippen LogP contribution in [0.15, 0.2) is 79.7 Å². The molecule has 0 radical (unpaired) electrons. The highest BCUT2D eigenvalue weighted by molar-refractivity contribution is 5.62. The van der Waals surface area contributed by atoms with E-state index in [0.29, 0.717) is 0 Å². The number of hydrogen-bond donors (Lipinski definition) is 0. The third kappa shape index (κ3) is 4.03. The Balaban J connectivity index is 2.17. The standard InChI is InChI=1S/C27H34N2/c1-21(2)16-19-28(7)27(6)20-22(3)29-18-11-10-14-25(29)24-13-9-8-12-23(24)15-17-26(27,4)5/h8-14,16,18-19H,1,3,7,15,17,20H2,2,4-6H3/q+2/b19-16-. The molecule has 2 heterocycles. The summed E-state index contributed by atoms with van der Waals surface area (Å²) < 4.78 is 4.36. The first-order chi connectivity index (χ1) is 13.7. The molecule has 0 fully saturated rings. The van der Waals surface area contributed by atoms with Crippen molar-refractivity contribution in [3.63, 3.8) is 0 Å². The van der Waals surface area contributed by atoms with Gasteiger partial charge in [-0.05, 0) is 44.0 Å². The second-order valence-corrected chi connectivity index (χ2v) is 9.15. The van der Waals surface area contributed by atoms with Crippen LogP contribution >= 0.6 is 0 Å². The summed E-state index contributed by atoms with van der Waals surface area (Å²) in [5.41, 5.74) is 5.77. The molecule has 1 aromatic heterocycles. The molecule has 2 nitrogen and oxygen atoms in total. The summed E-state index contributed by atoms with van der Waals surface area (Å²) in [7, 11) is 0. The SMILES string of the molecule is C=C(C)/C=C\[N+](=C)C1(C)CC(=C)[n+]2ccccc2-c2ccccc2CCC1(C)C. The van der Waals surface area contributed by atoms with E-state index in [1.165, 1.54) is 16.8 Å². The van der Waals surface area contributed by atoms with Gasteiger partial charge in [0.1, 0.15) is 6.72 Å². The van der Waals surface area contributed by atoms with Gasteiger partial charge in [0.05, 0.1) is 6.42 Å². The summed E-state index contributed by atoms with van der Waals surface area (Å²) in [6.07, 6.45) is 9.13. The molecule has 0 aliphatic carbocycles. The summed E-state index contributed by atoms with van der Waals surface area (Å²) in [5.74, 6) is 0. The lowest BCUT2D eigenvalue weighted by Crippen LogP contribution is -2.52. The minimum absolute atomic E-state index is 0.0110. The Labute approximate surface area is 176 Å². The summed E-state index contributed by atoms with van der Waals surface area (Å²) >= 11 is 0. The Hall–Kier alpha value is -2.74. The van der Waals surface area contributed by atoms with Gasteiger partial charge in [0.25, 0.3) is 0 Å². The van der Waals surface area contributed by atoms with Crippen LogP contribution in [-0.2, 0) is 6.42 Å². The maximum Gasteiger partial charge on any atom is 0.218 e. The molecule has 1 aromatic carbocycles. The zero-order valence-corrected chi connectivity index (χ0v) is 18.4. The van der Waals surface area contributed by atoms with E-state index in [2.05, 4.69) is 105 Å². The van der Waals surface area contributed by atoms with Crippen LogP contribution in [0.3, 0.4) is 0 Å². The first-order valence-corrected chi connectivity index (χ1v) is 10.4. The van der Waals surface area contributed by atoms with Gasteiger partial charge < -0.3 is 0 Å². The number of allylic oxidation sites excluding steroid dienone is 2. The Morgan fingerprint density at radius 2 is 1.79 bits per heavy atom. The van der Waals surface area contributed by atoms with Crippen LogP contribution in [0.2, 0.25) is 0 Å². The Bertz CT molecular complexity index is 993. The third-order valence-electron chi connectivity index (χ3n) is 6.69. The van der Waals surface area contributed by atoms with Crippen molar-refractivity contribution in [1.82, 2.24) is 0 Å². The summed E-state index contributed by atoms with van der Waals surface area (Å²) in [6.45, 7) is 22.0.